The lowest BCUT2D eigenvalue weighted by molar-refractivity contribution is -0.139. The maximum absolute atomic E-state index is 14.3. The first-order chi connectivity index (χ1) is 19.8. The molecule has 1 aliphatic carbocycles. The number of amides is 2. The number of rotatable bonds is 10. The van der Waals surface area contributed by atoms with Crippen molar-refractivity contribution in [1.82, 2.24) is 14.4 Å². The number of hydrogen-bond donors (Lipinski definition) is 1. The van der Waals surface area contributed by atoms with Crippen LogP contribution in [-0.4, -0.2) is 64.3 Å². The highest BCUT2D eigenvalue weighted by atomic mass is 16.5. The minimum atomic E-state index is -1.01. The Kier molecular flexibility index (Phi) is 8.88. The molecule has 8 nitrogen and oxygen atoms in total. The molecule has 2 atom stereocenters. The number of likely N-dealkylation sites (tertiary alicyclic amines) is 1. The molecule has 1 N–H and O–H groups in total. The van der Waals surface area contributed by atoms with Crippen LogP contribution in [0.1, 0.15) is 48.3 Å². The van der Waals surface area contributed by atoms with Gasteiger partial charge in [-0.05, 0) is 78.0 Å². The summed E-state index contributed by atoms with van der Waals surface area (Å²) >= 11 is 0. The van der Waals surface area contributed by atoms with Crippen LogP contribution in [0.5, 0.6) is 0 Å². The first kappa shape index (κ1) is 28.6. The predicted molar refractivity (Wildman–Crippen MR) is 158 cm³/mol. The third kappa shape index (κ3) is 6.88. The van der Waals surface area contributed by atoms with Gasteiger partial charge >= 0.3 is 6.09 Å². The molecule has 2 amide bonds. The Morgan fingerprint density at radius 1 is 1.00 bits per heavy atom. The van der Waals surface area contributed by atoms with Gasteiger partial charge in [-0.2, -0.15) is 0 Å². The van der Waals surface area contributed by atoms with Gasteiger partial charge in [0.15, 0.2) is 0 Å². The molecule has 1 aromatic heterocycles. The molecule has 1 aliphatic heterocycles. The SMILES string of the molecule is COCCCc1cc(CN(C(=O)C2CN(C(=O)O)CCC2c2ccn(C)c(=O)c2)C2CC2)cc(-c2ccccc2)c1. The van der Waals surface area contributed by atoms with E-state index < -0.39 is 12.0 Å². The van der Waals surface area contributed by atoms with Gasteiger partial charge in [0.05, 0.1) is 5.92 Å². The summed E-state index contributed by atoms with van der Waals surface area (Å²) in [6.07, 6.45) is 4.88. The number of aryl methyl sites for hydroxylation is 2. The first-order valence-electron chi connectivity index (χ1n) is 14.5. The van der Waals surface area contributed by atoms with Gasteiger partial charge in [0.25, 0.3) is 5.56 Å². The smallest absolute Gasteiger partial charge is 0.407 e. The number of ether oxygens (including phenoxy) is 1. The Bertz CT molecular complexity index is 1430. The maximum Gasteiger partial charge on any atom is 0.407 e. The number of pyridine rings is 1. The lowest BCUT2D eigenvalue weighted by Crippen LogP contribution is -2.50. The molecule has 0 spiro atoms. The molecule has 2 aliphatic rings. The molecule has 3 aromatic rings. The minimum Gasteiger partial charge on any atom is -0.465 e. The van der Waals surface area contributed by atoms with E-state index in [-0.39, 0.29) is 30.0 Å². The summed E-state index contributed by atoms with van der Waals surface area (Å²) in [5, 5.41) is 9.77. The Morgan fingerprint density at radius 2 is 1.76 bits per heavy atom. The van der Waals surface area contributed by atoms with Gasteiger partial charge in [0.1, 0.15) is 0 Å². The van der Waals surface area contributed by atoms with Crippen LogP contribution >= 0.6 is 0 Å². The van der Waals surface area contributed by atoms with Crippen molar-refractivity contribution in [3.8, 4) is 11.1 Å². The Hall–Kier alpha value is -3.91. The topological polar surface area (TPSA) is 92.1 Å². The molecule has 216 valence electrons. The zero-order valence-electron chi connectivity index (χ0n) is 23.9. The Labute approximate surface area is 241 Å². The number of methoxy groups -OCH3 is 1. The van der Waals surface area contributed by atoms with Gasteiger partial charge in [0, 0.05) is 58.7 Å². The van der Waals surface area contributed by atoms with Gasteiger partial charge < -0.3 is 24.2 Å². The van der Waals surface area contributed by atoms with E-state index in [1.807, 2.05) is 29.2 Å². The van der Waals surface area contributed by atoms with E-state index in [4.69, 9.17) is 4.74 Å². The van der Waals surface area contributed by atoms with Crippen molar-refractivity contribution in [2.45, 2.75) is 50.6 Å². The normalized spacial score (nSPS) is 18.7. The van der Waals surface area contributed by atoms with Crippen LogP contribution in [-0.2, 0) is 29.5 Å². The van der Waals surface area contributed by atoms with Gasteiger partial charge in [-0.3, -0.25) is 9.59 Å². The van der Waals surface area contributed by atoms with Gasteiger partial charge in [-0.15, -0.1) is 0 Å². The predicted octanol–water partition coefficient (Wildman–Crippen LogP) is 4.91. The number of nitrogens with zero attached hydrogens (tertiary/aromatic N) is 3. The minimum absolute atomic E-state index is 0.0322. The Morgan fingerprint density at radius 3 is 2.44 bits per heavy atom. The van der Waals surface area contributed by atoms with Crippen LogP contribution in [0, 0.1) is 5.92 Å². The largest absolute Gasteiger partial charge is 0.465 e. The molecular formula is C33H39N3O5. The van der Waals surface area contributed by atoms with E-state index in [2.05, 4.69) is 30.3 Å². The number of benzene rings is 2. The molecule has 0 radical (unpaired) electrons. The van der Waals surface area contributed by atoms with Gasteiger partial charge in [0.2, 0.25) is 5.91 Å². The number of aromatic nitrogens is 1. The zero-order chi connectivity index (χ0) is 28.9. The van der Waals surface area contributed by atoms with Crippen molar-refractivity contribution in [3.63, 3.8) is 0 Å². The van der Waals surface area contributed by atoms with Crippen molar-refractivity contribution in [1.29, 1.82) is 0 Å². The molecule has 2 aromatic carbocycles. The van der Waals surface area contributed by atoms with E-state index in [0.717, 1.165) is 47.9 Å². The third-order valence-corrected chi connectivity index (χ3v) is 8.35. The van der Waals surface area contributed by atoms with Crippen molar-refractivity contribution >= 4 is 12.0 Å². The quantitative estimate of drug-likeness (QED) is 0.358. The molecule has 5 rings (SSSR count). The van der Waals surface area contributed by atoms with E-state index >= 15 is 0 Å². The fraction of sp³-hybridized carbons (Fsp3) is 0.424. The molecule has 1 saturated heterocycles. The standard InChI is InChI=1S/C33H39N3O5/c1-34-14-12-26(20-31(34)37)29-13-15-35(33(39)40)22-30(29)32(38)36(28-10-11-28)21-24-17-23(7-6-16-41-2)18-27(19-24)25-8-4-3-5-9-25/h3-5,8-9,12,14,17-20,28-30H,6-7,10-11,13,15-16,21-22H2,1-2H3,(H,39,40). The second kappa shape index (κ2) is 12.7. The van der Waals surface area contributed by atoms with Gasteiger partial charge in [-0.1, -0.05) is 42.5 Å². The summed E-state index contributed by atoms with van der Waals surface area (Å²) in [5.41, 5.74) is 5.18. The number of hydrogen-bond acceptors (Lipinski definition) is 4. The Balaban J connectivity index is 1.46. The van der Waals surface area contributed by atoms with Crippen molar-refractivity contribution in [2.24, 2.45) is 13.0 Å². The van der Waals surface area contributed by atoms with Crippen LogP contribution in [0.25, 0.3) is 11.1 Å². The summed E-state index contributed by atoms with van der Waals surface area (Å²) in [4.78, 5) is 42.0. The molecule has 2 fully saturated rings. The molecule has 41 heavy (non-hydrogen) atoms. The number of carbonyl (C=O) groups is 2. The average Bonchev–Trinajstić information content (AvgIpc) is 3.83. The summed E-state index contributed by atoms with van der Waals surface area (Å²) < 4.78 is 6.79. The van der Waals surface area contributed by atoms with Crippen molar-refractivity contribution in [3.05, 3.63) is 93.9 Å². The molecule has 8 heteroatoms. The van der Waals surface area contributed by atoms with Crippen LogP contribution < -0.4 is 5.56 Å². The summed E-state index contributed by atoms with van der Waals surface area (Å²) in [6, 6.07) is 20.5. The van der Waals surface area contributed by atoms with Crippen molar-refractivity contribution < 1.29 is 19.4 Å². The monoisotopic (exact) mass is 557 g/mol. The highest BCUT2D eigenvalue weighted by Crippen LogP contribution is 2.38. The van der Waals surface area contributed by atoms with Gasteiger partial charge in [-0.25, -0.2) is 4.79 Å². The molecule has 0 bridgehead atoms. The number of carbonyl (C=O) groups excluding carboxylic acids is 1. The maximum atomic E-state index is 14.3. The lowest BCUT2D eigenvalue weighted by atomic mass is 9.79. The van der Waals surface area contributed by atoms with E-state index in [0.29, 0.717) is 26.1 Å². The second-order valence-electron chi connectivity index (χ2n) is 11.3. The lowest BCUT2D eigenvalue weighted by Gasteiger charge is -2.39. The van der Waals surface area contributed by atoms with Crippen LogP contribution in [0.4, 0.5) is 4.79 Å². The fourth-order valence-electron chi connectivity index (χ4n) is 5.97. The molecule has 2 heterocycles. The summed E-state index contributed by atoms with van der Waals surface area (Å²) in [7, 11) is 3.41. The average molecular weight is 558 g/mol. The number of carboxylic acid groups (broad SMARTS) is 1. The van der Waals surface area contributed by atoms with Crippen LogP contribution in [0.15, 0.2) is 71.7 Å². The van der Waals surface area contributed by atoms with Crippen molar-refractivity contribution in [2.75, 3.05) is 26.8 Å². The van der Waals surface area contributed by atoms with E-state index in [9.17, 15) is 19.5 Å². The first-order valence-corrected chi connectivity index (χ1v) is 14.5. The van der Waals surface area contributed by atoms with Crippen LogP contribution in [0.3, 0.4) is 0 Å². The zero-order valence-corrected chi connectivity index (χ0v) is 23.9. The van der Waals surface area contributed by atoms with E-state index in [1.54, 1.807) is 26.4 Å². The van der Waals surface area contributed by atoms with Crippen LogP contribution in [0.2, 0.25) is 0 Å². The van der Waals surface area contributed by atoms with E-state index in [1.165, 1.54) is 15.0 Å². The highest BCUT2D eigenvalue weighted by molar-refractivity contribution is 5.82. The highest BCUT2D eigenvalue weighted by Gasteiger charge is 2.42. The molecular weight excluding hydrogens is 518 g/mol. The number of piperidine rings is 1. The summed E-state index contributed by atoms with van der Waals surface area (Å²) in [6.45, 7) is 1.62. The molecule has 1 saturated carbocycles. The molecule has 2 unspecified atom stereocenters. The summed E-state index contributed by atoms with van der Waals surface area (Å²) in [5.74, 6) is -0.797. The third-order valence-electron chi connectivity index (χ3n) is 8.35. The fourth-order valence-corrected chi connectivity index (χ4v) is 5.97. The second-order valence-corrected chi connectivity index (χ2v) is 11.3.